The molecular weight excluding hydrogens is 588 g/mol. The molecular formula is C31H29ClN6O6. The van der Waals surface area contributed by atoms with Gasteiger partial charge in [0, 0.05) is 62.5 Å². The second-order valence-electron chi connectivity index (χ2n) is 9.90. The van der Waals surface area contributed by atoms with Gasteiger partial charge in [0.2, 0.25) is 0 Å². The molecule has 0 atom stereocenters. The molecule has 13 heteroatoms. The molecule has 3 N–H and O–H groups in total. The third kappa shape index (κ3) is 6.26. The van der Waals surface area contributed by atoms with E-state index < -0.39 is 11.9 Å². The molecule has 0 unspecified atom stereocenters. The number of rotatable bonds is 6. The molecule has 4 heterocycles. The Morgan fingerprint density at radius 2 is 1.70 bits per heavy atom. The molecule has 226 valence electrons. The fourth-order valence-electron chi connectivity index (χ4n) is 5.04. The van der Waals surface area contributed by atoms with Gasteiger partial charge in [-0.15, -0.1) is 0 Å². The molecule has 1 aliphatic heterocycles. The topological polar surface area (TPSA) is 152 Å². The minimum absolute atomic E-state index is 0.154. The summed E-state index contributed by atoms with van der Waals surface area (Å²) in [6.45, 7) is 3.63. The number of nitrogens with one attached hydrogen (secondary N) is 1. The number of fused-ring (bicyclic) bond motifs is 3. The number of carboxylic acids is 2. The Morgan fingerprint density at radius 1 is 0.977 bits per heavy atom. The molecule has 0 bridgehead atoms. The number of imidazole rings is 1. The van der Waals surface area contributed by atoms with E-state index in [9.17, 15) is 14.4 Å². The third-order valence-electron chi connectivity index (χ3n) is 7.18. The molecule has 0 aliphatic carbocycles. The Hall–Kier alpha value is -5.20. The van der Waals surface area contributed by atoms with Crippen LogP contribution in [0.25, 0.3) is 38.8 Å². The summed E-state index contributed by atoms with van der Waals surface area (Å²) in [5.41, 5.74) is 5.75. The highest BCUT2D eigenvalue weighted by molar-refractivity contribution is 6.33. The van der Waals surface area contributed by atoms with Gasteiger partial charge in [0.25, 0.3) is 0 Å². The maximum atomic E-state index is 13.5. The highest BCUT2D eigenvalue weighted by atomic mass is 35.5. The van der Waals surface area contributed by atoms with Crippen LogP contribution in [0, 0.1) is 0 Å². The van der Waals surface area contributed by atoms with Crippen molar-refractivity contribution < 1.29 is 24.5 Å². The molecule has 1 fully saturated rings. The van der Waals surface area contributed by atoms with Crippen molar-refractivity contribution in [3.8, 4) is 22.6 Å². The first-order chi connectivity index (χ1) is 21.2. The van der Waals surface area contributed by atoms with Crippen LogP contribution in [0.5, 0.6) is 5.75 Å². The van der Waals surface area contributed by atoms with Crippen molar-refractivity contribution in [1.82, 2.24) is 24.4 Å². The SMILES string of the molecule is COc1cncc(-c2ccc3ncc4c(c3c2)n(-c2ccc(N3CCNCC3)c(Cl)c2)c(=O)n4C)c1.O=C(O)C=CC(=O)O. The summed E-state index contributed by atoms with van der Waals surface area (Å²) in [7, 11) is 3.39. The first-order valence-electron chi connectivity index (χ1n) is 13.6. The molecule has 44 heavy (non-hydrogen) atoms. The highest BCUT2D eigenvalue weighted by Gasteiger charge is 2.19. The highest BCUT2D eigenvalue weighted by Crippen LogP contribution is 2.33. The van der Waals surface area contributed by atoms with Crippen molar-refractivity contribution in [2.45, 2.75) is 0 Å². The number of aryl methyl sites for hydroxylation is 1. The lowest BCUT2D eigenvalue weighted by Gasteiger charge is -2.30. The van der Waals surface area contributed by atoms with Crippen LogP contribution in [-0.2, 0) is 16.6 Å². The van der Waals surface area contributed by atoms with E-state index in [1.807, 2.05) is 42.5 Å². The van der Waals surface area contributed by atoms with Crippen molar-refractivity contribution in [3.63, 3.8) is 0 Å². The van der Waals surface area contributed by atoms with E-state index in [-0.39, 0.29) is 5.69 Å². The van der Waals surface area contributed by atoms with Gasteiger partial charge in [-0.2, -0.15) is 0 Å². The molecule has 1 saturated heterocycles. The van der Waals surface area contributed by atoms with Crippen LogP contribution in [0.1, 0.15) is 0 Å². The van der Waals surface area contributed by atoms with Gasteiger partial charge in [-0.1, -0.05) is 17.7 Å². The number of ether oxygens (including phenoxy) is 1. The van der Waals surface area contributed by atoms with E-state index in [4.69, 9.17) is 26.6 Å². The van der Waals surface area contributed by atoms with Gasteiger partial charge >= 0.3 is 17.6 Å². The number of carbonyl (C=O) groups is 2. The quantitative estimate of drug-likeness (QED) is 0.241. The number of aromatic nitrogens is 4. The van der Waals surface area contributed by atoms with Gasteiger partial charge in [0.05, 0.1) is 52.5 Å². The van der Waals surface area contributed by atoms with Crippen molar-refractivity contribution in [2.75, 3.05) is 38.2 Å². The van der Waals surface area contributed by atoms with Crippen LogP contribution in [0.2, 0.25) is 5.02 Å². The molecule has 0 amide bonds. The van der Waals surface area contributed by atoms with Crippen molar-refractivity contribution in [2.24, 2.45) is 7.05 Å². The number of hydrogen-bond acceptors (Lipinski definition) is 8. The molecule has 0 radical (unpaired) electrons. The van der Waals surface area contributed by atoms with Gasteiger partial charge in [-0.3, -0.25) is 19.1 Å². The minimum atomic E-state index is -1.26. The second-order valence-corrected chi connectivity index (χ2v) is 10.3. The number of halogens is 1. The van der Waals surface area contributed by atoms with E-state index >= 15 is 0 Å². The monoisotopic (exact) mass is 616 g/mol. The molecule has 12 nitrogen and oxygen atoms in total. The number of benzene rings is 2. The Bertz CT molecular complexity index is 1950. The zero-order valence-electron chi connectivity index (χ0n) is 23.9. The van der Waals surface area contributed by atoms with Crippen molar-refractivity contribution in [3.05, 3.63) is 88.7 Å². The number of methoxy groups -OCH3 is 1. The predicted molar refractivity (Wildman–Crippen MR) is 168 cm³/mol. The number of nitrogens with zero attached hydrogens (tertiary/aromatic N) is 5. The molecule has 0 spiro atoms. The van der Waals surface area contributed by atoms with E-state index in [1.165, 1.54) is 0 Å². The summed E-state index contributed by atoms with van der Waals surface area (Å²) >= 11 is 6.76. The third-order valence-corrected chi connectivity index (χ3v) is 7.48. The average molecular weight is 617 g/mol. The minimum Gasteiger partial charge on any atom is -0.495 e. The van der Waals surface area contributed by atoms with Crippen molar-refractivity contribution in [1.29, 1.82) is 0 Å². The summed E-state index contributed by atoms with van der Waals surface area (Å²) < 4.78 is 8.70. The lowest BCUT2D eigenvalue weighted by atomic mass is 10.0. The summed E-state index contributed by atoms with van der Waals surface area (Å²) in [5, 5.41) is 20.5. The molecule has 5 aromatic rings. The van der Waals surface area contributed by atoms with Gasteiger partial charge in [-0.05, 0) is 42.0 Å². The van der Waals surface area contributed by atoms with Crippen LogP contribution in [0.3, 0.4) is 0 Å². The Morgan fingerprint density at radius 3 is 2.36 bits per heavy atom. The molecule has 3 aromatic heterocycles. The first-order valence-corrected chi connectivity index (χ1v) is 13.9. The van der Waals surface area contributed by atoms with Crippen LogP contribution >= 0.6 is 11.6 Å². The lowest BCUT2D eigenvalue weighted by molar-refractivity contribution is -0.134. The first kappa shape index (κ1) is 30.3. The van der Waals surface area contributed by atoms with Gasteiger partial charge < -0.3 is 25.2 Å². The normalized spacial score (nSPS) is 13.2. The number of aliphatic carboxylic acids is 2. The standard InChI is InChI=1S/C27H25ClN6O2.C4H4O4/c1-32-25-16-31-23-5-3-17(18-11-20(36-2)15-30-14-18)12-21(23)26(25)34(27(32)35)19-4-6-24(22(28)13-19)33-9-7-29-8-10-33;5-3(6)1-2-4(7)8/h3-6,11-16,29H,7-10H2,1-2H3;1-2H,(H,5,6)(H,7,8). The largest absolute Gasteiger partial charge is 0.495 e. The number of carboxylic acid groups (broad SMARTS) is 2. The van der Waals surface area contributed by atoms with E-state index in [0.717, 1.165) is 70.6 Å². The van der Waals surface area contributed by atoms with E-state index in [1.54, 1.807) is 41.9 Å². The number of hydrogen-bond donors (Lipinski definition) is 3. The molecule has 2 aromatic carbocycles. The van der Waals surface area contributed by atoms with Crippen molar-refractivity contribution >= 4 is 51.2 Å². The Kier molecular flexibility index (Phi) is 8.93. The van der Waals surface area contributed by atoms with Crippen LogP contribution in [-0.4, -0.2) is 74.5 Å². The fraction of sp³-hybridized carbons (Fsp3) is 0.194. The van der Waals surface area contributed by atoms with Gasteiger partial charge in [0.1, 0.15) is 5.75 Å². The number of anilines is 1. The van der Waals surface area contributed by atoms with Crippen LogP contribution in [0.15, 0.2) is 78.0 Å². The number of pyridine rings is 2. The van der Waals surface area contributed by atoms with Crippen LogP contribution in [0.4, 0.5) is 5.69 Å². The van der Waals surface area contributed by atoms with Crippen LogP contribution < -0.4 is 20.6 Å². The van der Waals surface area contributed by atoms with E-state index in [2.05, 4.69) is 20.2 Å². The summed E-state index contributed by atoms with van der Waals surface area (Å²) in [4.78, 5) is 43.8. The number of piperazine rings is 1. The van der Waals surface area contributed by atoms with Gasteiger partial charge in [0.15, 0.2) is 0 Å². The summed E-state index contributed by atoms with van der Waals surface area (Å²) in [6, 6.07) is 13.8. The Balaban J connectivity index is 0.000000426. The predicted octanol–water partition coefficient (Wildman–Crippen LogP) is 3.72. The zero-order valence-corrected chi connectivity index (χ0v) is 24.7. The van der Waals surface area contributed by atoms with E-state index in [0.29, 0.717) is 22.9 Å². The zero-order chi connectivity index (χ0) is 31.4. The second kappa shape index (κ2) is 13.0. The van der Waals surface area contributed by atoms with Gasteiger partial charge in [-0.25, -0.2) is 14.4 Å². The fourth-order valence-corrected chi connectivity index (χ4v) is 5.34. The molecule has 0 saturated carbocycles. The molecule has 1 aliphatic rings. The maximum Gasteiger partial charge on any atom is 0.333 e. The average Bonchev–Trinajstić information content (AvgIpc) is 3.30. The maximum absolute atomic E-state index is 13.5. The lowest BCUT2D eigenvalue weighted by Crippen LogP contribution is -2.43. The summed E-state index contributed by atoms with van der Waals surface area (Å²) in [6.07, 6.45) is 6.33. The molecule has 6 rings (SSSR count). The smallest absolute Gasteiger partial charge is 0.333 e. The summed E-state index contributed by atoms with van der Waals surface area (Å²) in [5.74, 6) is -1.83. The Labute approximate surface area is 256 Å².